The van der Waals surface area contributed by atoms with E-state index in [0.29, 0.717) is 30.4 Å². The first-order chi connectivity index (χ1) is 18.7. The van der Waals surface area contributed by atoms with Gasteiger partial charge in [0, 0.05) is 59.7 Å². The highest BCUT2D eigenvalue weighted by Gasteiger charge is 2.43. The summed E-state index contributed by atoms with van der Waals surface area (Å²) in [5, 5.41) is 3.08. The lowest BCUT2D eigenvalue weighted by molar-refractivity contribution is -0.136. The number of hydrogen-bond donors (Lipinski definition) is 1. The van der Waals surface area contributed by atoms with Gasteiger partial charge < -0.3 is 10.2 Å². The Morgan fingerprint density at radius 2 is 1.72 bits per heavy atom. The molecule has 6 rings (SSSR count). The van der Waals surface area contributed by atoms with Crippen LogP contribution in [0.1, 0.15) is 24.1 Å². The van der Waals surface area contributed by atoms with Crippen molar-refractivity contribution < 1.29 is 18.0 Å². The number of aromatic nitrogens is 3. The number of urea groups is 1. The number of alkyl halides is 3. The summed E-state index contributed by atoms with van der Waals surface area (Å²) >= 11 is 11.9. The molecule has 2 bridgehead atoms. The van der Waals surface area contributed by atoms with Crippen molar-refractivity contribution in [3.8, 4) is 11.3 Å². The van der Waals surface area contributed by atoms with Crippen molar-refractivity contribution in [3.05, 3.63) is 82.2 Å². The van der Waals surface area contributed by atoms with E-state index in [4.69, 9.17) is 28.2 Å². The van der Waals surface area contributed by atoms with Crippen LogP contribution in [0.2, 0.25) is 10.0 Å². The Kier molecular flexibility index (Phi) is 6.65. The molecule has 0 saturated carbocycles. The molecule has 4 heterocycles. The molecule has 2 atom stereocenters. The summed E-state index contributed by atoms with van der Waals surface area (Å²) in [6, 6.07) is 11.9. The molecule has 12 heteroatoms. The number of rotatable bonds is 4. The Bertz CT molecular complexity index is 1530. The average Bonchev–Trinajstić information content (AvgIpc) is 3.39. The lowest BCUT2D eigenvalue weighted by atomic mass is 10.1. The van der Waals surface area contributed by atoms with E-state index in [1.54, 1.807) is 11.1 Å². The van der Waals surface area contributed by atoms with Gasteiger partial charge in [0.05, 0.1) is 22.6 Å². The van der Waals surface area contributed by atoms with Gasteiger partial charge in [-0.05, 0) is 49.2 Å². The first-order valence-electron chi connectivity index (χ1n) is 12.4. The van der Waals surface area contributed by atoms with E-state index in [1.165, 1.54) is 12.1 Å². The standard InChI is InChI=1S/C27H23Cl2F3N6O/c28-17-4-2-16(3-5-17)24-23(37-11-1-10-33-25(37)35-24)15-36-13-19-7-8-20(14-36)38(19)26(39)34-22-9-6-18(29)12-21(22)27(30,31)32/h1-6,9-12,19-20H,7-8,13-15H2,(H,34,39). The van der Waals surface area contributed by atoms with Crippen molar-refractivity contribution in [1.82, 2.24) is 24.2 Å². The molecule has 2 saturated heterocycles. The Labute approximate surface area is 232 Å². The van der Waals surface area contributed by atoms with Gasteiger partial charge in [0.1, 0.15) is 0 Å². The van der Waals surface area contributed by atoms with Crippen molar-refractivity contribution in [1.29, 1.82) is 0 Å². The Hall–Kier alpha value is -3.34. The zero-order valence-electron chi connectivity index (χ0n) is 20.5. The summed E-state index contributed by atoms with van der Waals surface area (Å²) in [5.74, 6) is 0.585. The molecule has 2 aliphatic heterocycles. The van der Waals surface area contributed by atoms with Crippen LogP contribution in [0.4, 0.5) is 23.7 Å². The second kappa shape index (κ2) is 10.0. The first kappa shape index (κ1) is 25.9. The molecular weight excluding hydrogens is 552 g/mol. The van der Waals surface area contributed by atoms with Gasteiger partial charge in [-0.1, -0.05) is 35.3 Å². The molecule has 4 aromatic rings. The summed E-state index contributed by atoms with van der Waals surface area (Å²) in [7, 11) is 0. The van der Waals surface area contributed by atoms with E-state index in [0.717, 1.165) is 35.9 Å². The van der Waals surface area contributed by atoms with Crippen LogP contribution in [0.25, 0.3) is 17.0 Å². The van der Waals surface area contributed by atoms with Gasteiger partial charge >= 0.3 is 12.2 Å². The van der Waals surface area contributed by atoms with Crippen LogP contribution < -0.4 is 5.32 Å². The molecule has 0 spiro atoms. The number of carbonyl (C=O) groups is 1. The number of amides is 2. The molecule has 2 aliphatic rings. The van der Waals surface area contributed by atoms with Crippen molar-refractivity contribution in [2.24, 2.45) is 0 Å². The number of hydrogen-bond acceptors (Lipinski definition) is 4. The zero-order valence-corrected chi connectivity index (χ0v) is 22.0. The lowest BCUT2D eigenvalue weighted by Crippen LogP contribution is -2.56. The second-order valence-electron chi connectivity index (χ2n) is 9.81. The number of nitrogens with one attached hydrogen (secondary N) is 1. The molecule has 0 aliphatic carbocycles. The maximum atomic E-state index is 13.6. The fourth-order valence-electron chi connectivity index (χ4n) is 5.63. The molecule has 1 N–H and O–H groups in total. The lowest BCUT2D eigenvalue weighted by Gasteiger charge is -2.41. The number of halogens is 5. The van der Waals surface area contributed by atoms with E-state index in [2.05, 4.69) is 15.2 Å². The molecule has 7 nitrogen and oxygen atoms in total. The molecular formula is C27H23Cl2F3N6O. The van der Waals surface area contributed by atoms with E-state index in [1.807, 2.05) is 40.9 Å². The first-order valence-corrected chi connectivity index (χ1v) is 13.2. The predicted octanol–water partition coefficient (Wildman–Crippen LogP) is 6.60. The molecule has 2 aromatic heterocycles. The third kappa shape index (κ3) is 5.04. The second-order valence-corrected chi connectivity index (χ2v) is 10.7. The van der Waals surface area contributed by atoms with Gasteiger partial charge in [-0.25, -0.2) is 14.8 Å². The highest BCUT2D eigenvalue weighted by molar-refractivity contribution is 6.31. The predicted molar refractivity (Wildman–Crippen MR) is 143 cm³/mol. The minimum atomic E-state index is -4.64. The molecule has 2 fully saturated rings. The average molecular weight is 575 g/mol. The van der Waals surface area contributed by atoms with Crippen molar-refractivity contribution in [2.45, 2.75) is 37.6 Å². The Morgan fingerprint density at radius 1 is 1.03 bits per heavy atom. The molecule has 2 unspecified atom stereocenters. The highest BCUT2D eigenvalue weighted by Crippen LogP contribution is 2.38. The SMILES string of the molecule is O=C(Nc1ccc(Cl)cc1C(F)(F)F)N1C2CCC1CN(Cc1c(-c3ccc(Cl)cc3)nc3ncccn13)C2. The number of piperazine rings is 1. The maximum absolute atomic E-state index is 13.6. The maximum Gasteiger partial charge on any atom is 0.418 e. The van der Waals surface area contributed by atoms with Gasteiger partial charge in [-0.2, -0.15) is 13.2 Å². The summed E-state index contributed by atoms with van der Waals surface area (Å²) in [5.41, 5.74) is 1.42. The van der Waals surface area contributed by atoms with Gasteiger partial charge in [0.2, 0.25) is 5.78 Å². The van der Waals surface area contributed by atoms with Crippen LogP contribution in [0.3, 0.4) is 0 Å². The molecule has 39 heavy (non-hydrogen) atoms. The summed E-state index contributed by atoms with van der Waals surface area (Å²) < 4.78 is 42.6. The van der Waals surface area contributed by atoms with Crippen LogP contribution in [-0.2, 0) is 12.7 Å². The number of likely N-dealkylation sites (tertiary alicyclic amines) is 1. The number of nitrogens with zero attached hydrogens (tertiary/aromatic N) is 5. The summed E-state index contributed by atoms with van der Waals surface area (Å²) in [4.78, 5) is 26.4. The fourth-order valence-corrected chi connectivity index (χ4v) is 5.93. The van der Waals surface area contributed by atoms with E-state index < -0.39 is 17.8 Å². The summed E-state index contributed by atoms with van der Waals surface area (Å²) in [6.07, 6.45) is 0.531. The molecule has 2 aromatic carbocycles. The molecule has 202 valence electrons. The van der Waals surface area contributed by atoms with Crippen LogP contribution in [0, 0.1) is 0 Å². The minimum absolute atomic E-state index is 0.0467. The zero-order chi connectivity index (χ0) is 27.3. The normalized spacial score (nSPS) is 19.6. The van der Waals surface area contributed by atoms with Crippen molar-refractivity contribution in [3.63, 3.8) is 0 Å². The molecule has 0 radical (unpaired) electrons. The van der Waals surface area contributed by atoms with Crippen LogP contribution in [-0.4, -0.2) is 55.4 Å². The van der Waals surface area contributed by atoms with Gasteiger partial charge in [-0.15, -0.1) is 0 Å². The molecule has 2 amide bonds. The minimum Gasteiger partial charge on any atom is -0.316 e. The largest absolute Gasteiger partial charge is 0.418 e. The van der Waals surface area contributed by atoms with E-state index >= 15 is 0 Å². The number of imidazole rings is 1. The van der Waals surface area contributed by atoms with Crippen LogP contribution in [0.5, 0.6) is 0 Å². The highest BCUT2D eigenvalue weighted by atomic mass is 35.5. The monoisotopic (exact) mass is 574 g/mol. The Balaban J connectivity index is 1.23. The number of anilines is 1. The number of carbonyl (C=O) groups excluding carboxylic acids is 1. The van der Waals surface area contributed by atoms with Crippen LogP contribution in [0.15, 0.2) is 60.9 Å². The third-order valence-electron chi connectivity index (χ3n) is 7.31. The smallest absolute Gasteiger partial charge is 0.316 e. The van der Waals surface area contributed by atoms with Gasteiger partial charge in [0.15, 0.2) is 0 Å². The van der Waals surface area contributed by atoms with E-state index in [9.17, 15) is 18.0 Å². The topological polar surface area (TPSA) is 65.8 Å². The summed E-state index contributed by atoms with van der Waals surface area (Å²) in [6.45, 7) is 1.75. The quantitative estimate of drug-likeness (QED) is 0.298. The van der Waals surface area contributed by atoms with Gasteiger partial charge in [0.25, 0.3) is 0 Å². The van der Waals surface area contributed by atoms with E-state index in [-0.39, 0.29) is 22.8 Å². The van der Waals surface area contributed by atoms with Crippen LogP contribution >= 0.6 is 23.2 Å². The third-order valence-corrected chi connectivity index (χ3v) is 7.80. The fraction of sp³-hybridized carbons (Fsp3) is 0.296. The van der Waals surface area contributed by atoms with Crippen molar-refractivity contribution >= 4 is 40.7 Å². The number of benzene rings is 2. The Morgan fingerprint density at radius 3 is 2.41 bits per heavy atom. The van der Waals surface area contributed by atoms with Gasteiger partial charge in [-0.3, -0.25) is 9.30 Å². The number of fused-ring (bicyclic) bond motifs is 3. The van der Waals surface area contributed by atoms with Crippen molar-refractivity contribution in [2.75, 3.05) is 18.4 Å².